The number of nitrogens with one attached hydrogen (secondary N) is 1. The van der Waals surface area contributed by atoms with Crippen LogP contribution in [0.5, 0.6) is 0 Å². The number of carbonyl (C=O) groups is 1. The molecule has 0 aromatic heterocycles. The molecular formula is C22H26Cl2N2O. The predicted molar refractivity (Wildman–Crippen MR) is 114 cm³/mol. The van der Waals surface area contributed by atoms with Crippen molar-refractivity contribution in [2.24, 2.45) is 0 Å². The van der Waals surface area contributed by atoms with Crippen LogP contribution in [0.1, 0.15) is 49.8 Å². The standard InChI is InChI=1S/C22H26Cl2N2O/c1-16(17-6-10-20(11-7-17)26-13-3-2-4-14-26)25-22(27)12-8-18-5-9-19(23)15-21(18)24/h5-7,9-11,15-16H,2-4,8,12-14H2,1H3,(H,25,27). The third kappa shape index (κ3) is 5.63. The summed E-state index contributed by atoms with van der Waals surface area (Å²) in [5, 5.41) is 4.29. The van der Waals surface area contributed by atoms with Crippen LogP contribution in [-0.2, 0) is 11.2 Å². The molecule has 2 aromatic rings. The van der Waals surface area contributed by atoms with E-state index in [1.54, 1.807) is 12.1 Å². The lowest BCUT2D eigenvalue weighted by Crippen LogP contribution is -2.29. The van der Waals surface area contributed by atoms with Gasteiger partial charge in [0, 0.05) is 35.2 Å². The number of hydrogen-bond donors (Lipinski definition) is 1. The van der Waals surface area contributed by atoms with E-state index in [2.05, 4.69) is 34.5 Å². The van der Waals surface area contributed by atoms with Crippen molar-refractivity contribution >= 4 is 34.8 Å². The number of nitrogens with zero attached hydrogens (tertiary/aromatic N) is 1. The Morgan fingerprint density at radius 3 is 2.44 bits per heavy atom. The Balaban J connectivity index is 1.51. The van der Waals surface area contributed by atoms with E-state index in [-0.39, 0.29) is 11.9 Å². The summed E-state index contributed by atoms with van der Waals surface area (Å²) >= 11 is 12.1. The summed E-state index contributed by atoms with van der Waals surface area (Å²) in [6.07, 6.45) is 4.87. The van der Waals surface area contributed by atoms with Gasteiger partial charge in [0.15, 0.2) is 0 Å². The molecule has 0 radical (unpaired) electrons. The van der Waals surface area contributed by atoms with Crippen molar-refractivity contribution in [3.8, 4) is 0 Å². The molecule has 5 heteroatoms. The summed E-state index contributed by atoms with van der Waals surface area (Å²) in [4.78, 5) is 14.7. The Bertz CT molecular complexity index is 770. The molecule has 0 spiro atoms. The molecule has 1 saturated heterocycles. The van der Waals surface area contributed by atoms with E-state index in [1.165, 1.54) is 24.9 Å². The highest BCUT2D eigenvalue weighted by atomic mass is 35.5. The van der Waals surface area contributed by atoms with E-state index in [0.29, 0.717) is 22.9 Å². The lowest BCUT2D eigenvalue weighted by Gasteiger charge is -2.29. The molecule has 1 fully saturated rings. The first kappa shape index (κ1) is 20.0. The summed E-state index contributed by atoms with van der Waals surface area (Å²) in [5.41, 5.74) is 3.33. The van der Waals surface area contributed by atoms with Gasteiger partial charge in [-0.3, -0.25) is 4.79 Å². The number of benzene rings is 2. The molecule has 3 nitrogen and oxygen atoms in total. The summed E-state index contributed by atoms with van der Waals surface area (Å²) in [7, 11) is 0. The number of carbonyl (C=O) groups excluding carboxylic acids is 1. The maximum absolute atomic E-state index is 12.3. The number of anilines is 1. The minimum Gasteiger partial charge on any atom is -0.372 e. The molecule has 1 heterocycles. The van der Waals surface area contributed by atoms with Gasteiger partial charge in [-0.05, 0) is 68.0 Å². The minimum atomic E-state index is -0.0198. The molecule has 27 heavy (non-hydrogen) atoms. The Morgan fingerprint density at radius 2 is 1.78 bits per heavy atom. The van der Waals surface area contributed by atoms with E-state index >= 15 is 0 Å². The zero-order chi connectivity index (χ0) is 19.2. The van der Waals surface area contributed by atoms with E-state index < -0.39 is 0 Å². The Kier molecular flexibility index (Phi) is 7.03. The predicted octanol–water partition coefficient (Wildman–Crippen LogP) is 5.79. The number of halogens is 2. The fraction of sp³-hybridized carbons (Fsp3) is 0.409. The lowest BCUT2D eigenvalue weighted by atomic mass is 10.1. The maximum atomic E-state index is 12.3. The van der Waals surface area contributed by atoms with Crippen LogP contribution in [0.25, 0.3) is 0 Å². The molecule has 1 N–H and O–H groups in total. The normalized spacial score (nSPS) is 15.4. The van der Waals surface area contributed by atoms with Crippen molar-refractivity contribution in [2.45, 2.75) is 45.1 Å². The van der Waals surface area contributed by atoms with Crippen molar-refractivity contribution in [3.05, 3.63) is 63.6 Å². The molecule has 1 amide bonds. The van der Waals surface area contributed by atoms with Gasteiger partial charge < -0.3 is 10.2 Å². The third-order valence-electron chi connectivity index (χ3n) is 5.13. The van der Waals surface area contributed by atoms with Gasteiger partial charge in [-0.15, -0.1) is 0 Å². The van der Waals surface area contributed by atoms with Crippen LogP contribution in [0.3, 0.4) is 0 Å². The quantitative estimate of drug-likeness (QED) is 0.659. The molecule has 0 aliphatic carbocycles. The monoisotopic (exact) mass is 404 g/mol. The van der Waals surface area contributed by atoms with Crippen LogP contribution >= 0.6 is 23.2 Å². The molecule has 144 valence electrons. The fourth-order valence-corrected chi connectivity index (χ4v) is 4.00. The van der Waals surface area contributed by atoms with Crippen LogP contribution < -0.4 is 10.2 Å². The Labute approximate surface area is 171 Å². The fourth-order valence-electron chi connectivity index (χ4n) is 3.50. The van der Waals surface area contributed by atoms with Crippen LogP contribution in [0.4, 0.5) is 5.69 Å². The van der Waals surface area contributed by atoms with Gasteiger partial charge in [0.05, 0.1) is 6.04 Å². The second-order valence-corrected chi connectivity index (χ2v) is 8.01. The zero-order valence-corrected chi connectivity index (χ0v) is 17.2. The van der Waals surface area contributed by atoms with Gasteiger partial charge >= 0.3 is 0 Å². The third-order valence-corrected chi connectivity index (χ3v) is 5.72. The molecule has 1 aliphatic rings. The van der Waals surface area contributed by atoms with E-state index in [9.17, 15) is 4.79 Å². The van der Waals surface area contributed by atoms with Gasteiger partial charge in [-0.1, -0.05) is 41.4 Å². The second kappa shape index (κ2) is 9.48. The number of aryl methyl sites for hydroxylation is 1. The highest BCUT2D eigenvalue weighted by molar-refractivity contribution is 6.35. The average Bonchev–Trinajstić information content (AvgIpc) is 2.68. The second-order valence-electron chi connectivity index (χ2n) is 7.16. The van der Waals surface area contributed by atoms with E-state index in [1.807, 2.05) is 13.0 Å². The van der Waals surface area contributed by atoms with Gasteiger partial charge in [0.1, 0.15) is 0 Å². The first-order valence-corrected chi connectivity index (χ1v) is 10.4. The molecule has 2 aromatic carbocycles. The van der Waals surface area contributed by atoms with Gasteiger partial charge in [-0.2, -0.15) is 0 Å². The smallest absolute Gasteiger partial charge is 0.220 e. The molecule has 1 unspecified atom stereocenters. The Hall–Kier alpha value is -1.71. The molecule has 0 bridgehead atoms. The molecule has 0 saturated carbocycles. The van der Waals surface area contributed by atoms with Gasteiger partial charge in [0.2, 0.25) is 5.91 Å². The summed E-state index contributed by atoms with van der Waals surface area (Å²) in [6.45, 7) is 4.29. The molecule has 3 rings (SSSR count). The van der Waals surface area contributed by atoms with Crippen LogP contribution in [0.15, 0.2) is 42.5 Å². The maximum Gasteiger partial charge on any atom is 0.220 e. The van der Waals surface area contributed by atoms with Crippen LogP contribution in [0.2, 0.25) is 10.0 Å². The van der Waals surface area contributed by atoms with Gasteiger partial charge in [-0.25, -0.2) is 0 Å². The number of rotatable bonds is 6. The number of amides is 1. The van der Waals surface area contributed by atoms with Crippen molar-refractivity contribution in [1.29, 1.82) is 0 Å². The van der Waals surface area contributed by atoms with Gasteiger partial charge in [0.25, 0.3) is 0 Å². The molecule has 1 aliphatic heterocycles. The van der Waals surface area contributed by atoms with Crippen molar-refractivity contribution in [3.63, 3.8) is 0 Å². The molecule has 1 atom stereocenters. The summed E-state index contributed by atoms with van der Waals surface area (Å²) < 4.78 is 0. The van der Waals surface area contributed by atoms with Crippen molar-refractivity contribution in [2.75, 3.05) is 18.0 Å². The zero-order valence-electron chi connectivity index (χ0n) is 15.7. The number of hydrogen-bond acceptors (Lipinski definition) is 2. The van der Waals surface area contributed by atoms with E-state index in [0.717, 1.165) is 24.2 Å². The first-order chi connectivity index (χ1) is 13.0. The van der Waals surface area contributed by atoms with Crippen LogP contribution in [0, 0.1) is 0 Å². The number of piperidine rings is 1. The molecular weight excluding hydrogens is 379 g/mol. The summed E-state index contributed by atoms with van der Waals surface area (Å²) in [5.74, 6) is 0.0219. The highest BCUT2D eigenvalue weighted by Crippen LogP contribution is 2.24. The lowest BCUT2D eigenvalue weighted by molar-refractivity contribution is -0.121. The topological polar surface area (TPSA) is 32.3 Å². The highest BCUT2D eigenvalue weighted by Gasteiger charge is 2.13. The van der Waals surface area contributed by atoms with Crippen molar-refractivity contribution < 1.29 is 4.79 Å². The Morgan fingerprint density at radius 1 is 1.07 bits per heavy atom. The van der Waals surface area contributed by atoms with Crippen LogP contribution in [-0.4, -0.2) is 19.0 Å². The largest absolute Gasteiger partial charge is 0.372 e. The SMILES string of the molecule is CC(NC(=O)CCc1ccc(Cl)cc1Cl)c1ccc(N2CCCCC2)cc1. The first-order valence-electron chi connectivity index (χ1n) is 9.61. The van der Waals surface area contributed by atoms with E-state index in [4.69, 9.17) is 23.2 Å². The minimum absolute atomic E-state index is 0.0198. The van der Waals surface area contributed by atoms with Crippen molar-refractivity contribution in [1.82, 2.24) is 5.32 Å². The average molecular weight is 405 g/mol. The summed E-state index contributed by atoms with van der Waals surface area (Å²) in [6, 6.07) is 13.9.